The largest absolute Gasteiger partial charge is 0.369 e. The number of nitrogen functional groups attached to an aromatic ring is 1. The van der Waals surface area contributed by atoms with Crippen LogP contribution in [0.4, 0.5) is 67.0 Å². The Balaban J connectivity index is 0.000000205. The maximum atomic E-state index is 14.0. The van der Waals surface area contributed by atoms with Crippen LogP contribution in [0.5, 0.6) is 0 Å². The highest BCUT2D eigenvalue weighted by Crippen LogP contribution is 2.35. The number of nitrogens with one attached hydrogen (secondary N) is 3. The summed E-state index contributed by atoms with van der Waals surface area (Å²) in [5.41, 5.74) is 16.5. The molecule has 0 spiro atoms. The average molecular weight is 1130 g/mol. The van der Waals surface area contributed by atoms with E-state index in [1.807, 2.05) is 89.6 Å². The molecule has 6 aromatic carbocycles. The number of primary sulfonamides is 1. The Kier molecular flexibility index (Phi) is 17.0. The summed E-state index contributed by atoms with van der Waals surface area (Å²) in [6.07, 6.45) is 4.97. The van der Waals surface area contributed by atoms with Gasteiger partial charge in [0.2, 0.25) is 33.8 Å². The van der Waals surface area contributed by atoms with Crippen molar-refractivity contribution in [3.05, 3.63) is 191 Å². The number of sulfone groups is 1. The first-order valence-corrected chi connectivity index (χ1v) is 28.0. The Morgan fingerprint density at radius 3 is 1.75 bits per heavy atom. The van der Waals surface area contributed by atoms with Crippen molar-refractivity contribution in [2.45, 2.75) is 24.5 Å². The summed E-state index contributed by atoms with van der Waals surface area (Å²) in [4.78, 5) is 31.1. The molecule has 0 amide bonds. The van der Waals surface area contributed by atoms with Gasteiger partial charge in [-0.1, -0.05) is 48.5 Å². The van der Waals surface area contributed by atoms with Crippen LogP contribution >= 0.6 is 12.4 Å². The highest BCUT2D eigenvalue weighted by Gasteiger charge is 2.20. The Morgan fingerprint density at radius 2 is 1.16 bits per heavy atom. The van der Waals surface area contributed by atoms with Gasteiger partial charge in [0, 0.05) is 88.1 Å². The fourth-order valence-electron chi connectivity index (χ4n) is 8.65. The number of aryl methyl sites for hydroxylation is 2. The number of hydrogen-bond donors (Lipinski definition) is 5. The SMILES string of the molecule is CN(c1ccc2c(c1)nc(NCc1cccc(F)c1)n2C)c1ccnc(Nc2ccc(CS(N)(=O)=O)cc2)n1.CN(c1ccnc(Nc2ccc(CS(C)(=O)=O)cc2)n1)c1ccc2c(nc(N)n2C)c1Cc1cccc(F)c1.Cl. The number of halogens is 3. The van der Waals surface area contributed by atoms with Gasteiger partial charge in [0.1, 0.15) is 23.3 Å². The molecule has 0 aliphatic carbocycles. The van der Waals surface area contributed by atoms with Crippen LogP contribution in [0.2, 0.25) is 0 Å². The molecule has 408 valence electrons. The van der Waals surface area contributed by atoms with Gasteiger partial charge in [-0.25, -0.2) is 50.7 Å². The molecule has 0 fully saturated rings. The number of imidazole rings is 2. The van der Waals surface area contributed by atoms with Crippen molar-refractivity contribution in [3.8, 4) is 0 Å². The monoisotopic (exact) mass is 1130 g/mol. The average Bonchev–Trinajstić information content (AvgIpc) is 3.89. The Morgan fingerprint density at radius 1 is 0.608 bits per heavy atom. The lowest BCUT2D eigenvalue weighted by molar-refractivity contribution is 0.596. The van der Waals surface area contributed by atoms with E-state index in [2.05, 4.69) is 40.9 Å². The van der Waals surface area contributed by atoms with E-state index in [-0.39, 0.29) is 35.5 Å². The van der Waals surface area contributed by atoms with Gasteiger partial charge in [-0.3, -0.25) is 0 Å². The second-order valence-corrected chi connectivity index (χ2v) is 22.3. The maximum absolute atomic E-state index is 14.0. The van der Waals surface area contributed by atoms with E-state index in [0.717, 1.165) is 55.8 Å². The molecule has 0 saturated heterocycles. The van der Waals surface area contributed by atoms with Gasteiger partial charge in [0.25, 0.3) is 0 Å². The normalized spacial score (nSPS) is 11.4. The Hall–Kier alpha value is -8.77. The zero-order valence-electron chi connectivity index (χ0n) is 43.5. The minimum atomic E-state index is -3.59. The van der Waals surface area contributed by atoms with Crippen LogP contribution in [0, 0.1) is 11.6 Å². The molecule has 0 aliphatic heterocycles. The van der Waals surface area contributed by atoms with E-state index in [9.17, 15) is 25.6 Å². The Bertz CT molecular complexity index is 4040. The molecule has 10 aromatic rings. The summed E-state index contributed by atoms with van der Waals surface area (Å²) in [6.45, 7) is 0.452. The number of sulfonamides is 1. The molecular formula is C55H56ClF2N15O4S2. The quantitative estimate of drug-likeness (QED) is 0.0569. The summed E-state index contributed by atoms with van der Waals surface area (Å²) < 4.78 is 77.0. The van der Waals surface area contributed by atoms with Crippen LogP contribution in [-0.2, 0) is 58.4 Å². The number of aromatic nitrogens is 8. The predicted octanol–water partition coefficient (Wildman–Crippen LogP) is 9.57. The van der Waals surface area contributed by atoms with Gasteiger partial charge in [-0.15, -0.1) is 12.4 Å². The van der Waals surface area contributed by atoms with Gasteiger partial charge in [-0.05, 0) is 113 Å². The van der Waals surface area contributed by atoms with E-state index < -0.39 is 19.9 Å². The van der Waals surface area contributed by atoms with Crippen molar-refractivity contribution in [1.29, 1.82) is 0 Å². The smallest absolute Gasteiger partial charge is 0.229 e. The van der Waals surface area contributed by atoms with Crippen molar-refractivity contribution in [2.75, 3.05) is 51.8 Å². The number of rotatable bonds is 17. The predicted molar refractivity (Wildman–Crippen MR) is 311 cm³/mol. The van der Waals surface area contributed by atoms with Crippen LogP contribution in [0.3, 0.4) is 0 Å². The number of nitrogens with zero attached hydrogens (tertiary/aromatic N) is 10. The lowest BCUT2D eigenvalue weighted by Crippen LogP contribution is -2.15. The zero-order valence-corrected chi connectivity index (χ0v) is 46.0. The first kappa shape index (κ1) is 56.4. The van der Waals surface area contributed by atoms with Crippen LogP contribution < -0.4 is 36.6 Å². The number of hydrogen-bond acceptors (Lipinski definition) is 16. The van der Waals surface area contributed by atoms with Gasteiger partial charge < -0.3 is 40.6 Å². The first-order valence-electron chi connectivity index (χ1n) is 24.2. The summed E-state index contributed by atoms with van der Waals surface area (Å²) in [5.74, 6) is 2.32. The molecule has 0 bridgehead atoms. The highest BCUT2D eigenvalue weighted by atomic mass is 35.5. The molecule has 0 atom stereocenters. The third kappa shape index (κ3) is 14.2. The van der Waals surface area contributed by atoms with Gasteiger partial charge in [0.15, 0.2) is 9.84 Å². The van der Waals surface area contributed by atoms with Crippen LogP contribution in [0.1, 0.15) is 27.8 Å². The summed E-state index contributed by atoms with van der Waals surface area (Å²) in [5, 5.41) is 14.7. The molecule has 0 saturated carbocycles. The van der Waals surface area contributed by atoms with Crippen molar-refractivity contribution in [3.63, 3.8) is 0 Å². The summed E-state index contributed by atoms with van der Waals surface area (Å²) in [7, 11) is 0.879. The molecular weight excluding hydrogens is 1070 g/mol. The second-order valence-electron chi connectivity index (χ2n) is 18.5. The van der Waals surface area contributed by atoms with Crippen LogP contribution in [0.15, 0.2) is 152 Å². The fourth-order valence-corrected chi connectivity index (χ4v) is 10.1. The van der Waals surface area contributed by atoms with Gasteiger partial charge in [-0.2, -0.15) is 9.97 Å². The molecule has 7 N–H and O–H groups in total. The molecule has 79 heavy (non-hydrogen) atoms. The van der Waals surface area contributed by atoms with E-state index in [0.29, 0.717) is 65.2 Å². The number of nitrogens with two attached hydrogens (primary N) is 2. The highest BCUT2D eigenvalue weighted by molar-refractivity contribution is 7.89. The lowest BCUT2D eigenvalue weighted by Gasteiger charge is -2.22. The number of fused-ring (bicyclic) bond motifs is 2. The van der Waals surface area contributed by atoms with Crippen molar-refractivity contribution in [2.24, 2.45) is 19.2 Å². The van der Waals surface area contributed by atoms with E-state index in [1.54, 1.807) is 85.2 Å². The molecule has 0 aliphatic rings. The maximum Gasteiger partial charge on any atom is 0.229 e. The second kappa shape index (κ2) is 23.9. The molecule has 0 radical (unpaired) electrons. The molecule has 19 nitrogen and oxygen atoms in total. The zero-order chi connectivity index (χ0) is 55.3. The molecule has 10 rings (SSSR count). The molecule has 4 heterocycles. The minimum Gasteiger partial charge on any atom is -0.369 e. The van der Waals surface area contributed by atoms with Crippen molar-refractivity contribution >= 4 is 113 Å². The third-order valence-corrected chi connectivity index (χ3v) is 14.2. The van der Waals surface area contributed by atoms with Gasteiger partial charge in [0.05, 0.1) is 33.6 Å². The number of benzene rings is 6. The first-order chi connectivity index (χ1) is 37.2. The van der Waals surface area contributed by atoms with E-state index >= 15 is 0 Å². The van der Waals surface area contributed by atoms with Crippen molar-refractivity contribution in [1.82, 2.24) is 39.0 Å². The summed E-state index contributed by atoms with van der Waals surface area (Å²) in [6, 6.07) is 40.4. The topological polar surface area (TPSA) is 250 Å². The molecule has 0 unspecified atom stereocenters. The number of anilines is 10. The lowest BCUT2D eigenvalue weighted by atomic mass is 10.0. The Labute approximate surface area is 461 Å². The standard InChI is InChI=1S/C28H28FN7O2S.C27H27FN8O2S.ClH/c1-35(25-13-14-31-28(33-25)32-21-9-7-18(8-10-21)17-39(3,37)38)23-11-12-24-26(34-27(30)36(24)2)22(23)16-19-5-4-6-20(29)15-19;1-35(25-12-13-30-26(34-25)32-21-8-6-18(7-9-21)17-39(29,37)38)22-10-11-24-23(15-22)33-27(36(24)2)31-16-19-4-3-5-20(28)14-19;/h4-15H,16-17H2,1-3H3,(H2,30,34)(H,31,32,33);3-15H,16-17H2,1-2H3,(H,31,33)(H2,29,37,38)(H,30,32,34);1H. The van der Waals surface area contributed by atoms with Gasteiger partial charge >= 0.3 is 0 Å². The minimum absolute atomic E-state index is 0. The molecule has 4 aromatic heterocycles. The van der Waals surface area contributed by atoms with Crippen LogP contribution in [0.25, 0.3) is 22.1 Å². The van der Waals surface area contributed by atoms with E-state index in [4.69, 9.17) is 15.9 Å². The van der Waals surface area contributed by atoms with Crippen molar-refractivity contribution < 1.29 is 25.6 Å². The summed E-state index contributed by atoms with van der Waals surface area (Å²) >= 11 is 0. The molecule has 24 heteroatoms. The van der Waals surface area contributed by atoms with Crippen LogP contribution in [-0.4, -0.2) is 76.2 Å². The third-order valence-electron chi connectivity index (χ3n) is 12.6. The van der Waals surface area contributed by atoms with E-state index in [1.165, 1.54) is 30.5 Å². The fraction of sp³-hybridized carbons (Fsp3) is 0.164.